The Bertz CT molecular complexity index is 182. The predicted octanol–water partition coefficient (Wildman–Crippen LogP) is -1.29. The highest BCUT2D eigenvalue weighted by Crippen LogP contribution is 1.84. The molecule has 0 heterocycles. The van der Waals surface area contributed by atoms with Gasteiger partial charge >= 0.3 is 0 Å². The number of rotatable bonds is 9. The maximum absolute atomic E-state index is 6.94. The van der Waals surface area contributed by atoms with E-state index in [1.54, 1.807) is 0 Å². The van der Waals surface area contributed by atoms with Crippen LogP contribution in [0.2, 0.25) is 0 Å². The first-order valence-electron chi connectivity index (χ1n) is 5.49. The maximum atomic E-state index is 6.94. The normalized spacial score (nSPS) is 9.75. The molecule has 7 nitrogen and oxygen atoms in total. The van der Waals surface area contributed by atoms with Crippen molar-refractivity contribution in [3.8, 4) is 0 Å². The molecule has 9 N–H and O–H groups in total. The molecule has 0 rings (SSSR count). The van der Waals surface area contributed by atoms with E-state index in [9.17, 15) is 0 Å². The Balaban J connectivity index is 2.98. The van der Waals surface area contributed by atoms with E-state index in [-0.39, 0.29) is 11.9 Å². The average Bonchev–Trinajstić information content (AvgIpc) is 2.20. The zero-order valence-electron chi connectivity index (χ0n) is 9.60. The van der Waals surface area contributed by atoms with Gasteiger partial charge in [-0.2, -0.15) is 0 Å². The first-order chi connectivity index (χ1) is 7.63. The van der Waals surface area contributed by atoms with Gasteiger partial charge in [0, 0.05) is 13.1 Å². The topological polar surface area (TPSA) is 136 Å². The number of nitrogens with one attached hydrogen (secondary N) is 5. The molecule has 94 valence electrons. The molecule has 0 saturated heterocycles. The molecule has 16 heavy (non-hydrogen) atoms. The van der Waals surface area contributed by atoms with Crippen molar-refractivity contribution in [2.24, 2.45) is 11.5 Å². The summed E-state index contributed by atoms with van der Waals surface area (Å²) >= 11 is 0. The van der Waals surface area contributed by atoms with Crippen LogP contribution in [0.1, 0.15) is 19.3 Å². The van der Waals surface area contributed by atoms with E-state index in [0.29, 0.717) is 0 Å². The number of nitrogens with two attached hydrogens (primary N) is 2. The summed E-state index contributed by atoms with van der Waals surface area (Å²) in [5.74, 6) is 0.0542. The van der Waals surface area contributed by atoms with Crippen molar-refractivity contribution in [1.29, 1.82) is 10.8 Å². The first kappa shape index (κ1) is 14.5. The van der Waals surface area contributed by atoms with Crippen LogP contribution in [0.5, 0.6) is 0 Å². The Kier molecular flexibility index (Phi) is 9.09. The molecule has 0 radical (unpaired) electrons. The zero-order chi connectivity index (χ0) is 12.2. The quantitative estimate of drug-likeness (QED) is 0.150. The lowest BCUT2D eigenvalue weighted by atomic mass is 10.3. The fraction of sp³-hybridized carbons (Fsp3) is 0.778. The first-order valence-corrected chi connectivity index (χ1v) is 5.49. The third-order valence-corrected chi connectivity index (χ3v) is 1.94. The lowest BCUT2D eigenvalue weighted by Crippen LogP contribution is -2.33. The van der Waals surface area contributed by atoms with Crippen LogP contribution in [0, 0.1) is 10.8 Å². The molecule has 0 aromatic rings. The molecule has 0 unspecified atom stereocenters. The number of hydrogen-bond acceptors (Lipinski definition) is 3. The van der Waals surface area contributed by atoms with E-state index in [2.05, 4.69) is 16.0 Å². The maximum Gasteiger partial charge on any atom is 0.185 e. The third kappa shape index (κ3) is 12.5. The number of unbranched alkanes of at least 4 members (excludes halogenated alkanes) is 1. The van der Waals surface area contributed by atoms with Gasteiger partial charge in [-0.1, -0.05) is 0 Å². The van der Waals surface area contributed by atoms with Crippen molar-refractivity contribution < 1.29 is 0 Å². The Labute approximate surface area is 96.4 Å². The summed E-state index contributed by atoms with van der Waals surface area (Å²) in [4.78, 5) is 0. The van der Waals surface area contributed by atoms with Crippen LogP contribution < -0.4 is 27.4 Å². The van der Waals surface area contributed by atoms with Crippen molar-refractivity contribution in [2.75, 3.05) is 26.2 Å². The molecule has 0 spiro atoms. The van der Waals surface area contributed by atoms with Gasteiger partial charge in [0.15, 0.2) is 11.9 Å². The van der Waals surface area contributed by atoms with E-state index < -0.39 is 0 Å². The summed E-state index contributed by atoms with van der Waals surface area (Å²) in [6.07, 6.45) is 3.00. The highest BCUT2D eigenvalue weighted by atomic mass is 15.0. The lowest BCUT2D eigenvalue weighted by Gasteiger charge is -2.06. The fourth-order valence-electron chi connectivity index (χ4n) is 1.16. The Morgan fingerprint density at radius 3 is 1.75 bits per heavy atom. The SMILES string of the molecule is N=C(N)NCCCCNCCCNC(=N)N. The minimum absolute atomic E-state index is 0.0234. The van der Waals surface area contributed by atoms with Gasteiger partial charge in [0.05, 0.1) is 0 Å². The smallest absolute Gasteiger partial charge is 0.185 e. The summed E-state index contributed by atoms with van der Waals surface area (Å²) in [7, 11) is 0. The number of guanidine groups is 2. The molecule has 0 aliphatic carbocycles. The van der Waals surface area contributed by atoms with Gasteiger partial charge in [-0.25, -0.2) is 0 Å². The summed E-state index contributed by atoms with van der Waals surface area (Å²) < 4.78 is 0. The van der Waals surface area contributed by atoms with Gasteiger partial charge in [-0.05, 0) is 32.4 Å². The van der Waals surface area contributed by atoms with Crippen LogP contribution in [0.15, 0.2) is 0 Å². The molecular formula is C9H23N7. The monoisotopic (exact) mass is 229 g/mol. The number of hydrogen-bond donors (Lipinski definition) is 7. The second-order valence-electron chi connectivity index (χ2n) is 3.49. The van der Waals surface area contributed by atoms with Gasteiger partial charge in [0.25, 0.3) is 0 Å². The summed E-state index contributed by atoms with van der Waals surface area (Å²) in [6.45, 7) is 3.36. The van der Waals surface area contributed by atoms with E-state index in [1.165, 1.54) is 0 Å². The van der Waals surface area contributed by atoms with Crippen molar-refractivity contribution in [1.82, 2.24) is 16.0 Å². The van der Waals surface area contributed by atoms with Gasteiger partial charge in [-0.15, -0.1) is 0 Å². The van der Waals surface area contributed by atoms with Gasteiger partial charge < -0.3 is 27.4 Å². The standard InChI is InChI=1S/C9H23N7/c10-8(11)15-6-2-1-4-14-5-3-7-16-9(12)13/h14H,1-7H2,(H4,10,11,15)(H4,12,13,16). The van der Waals surface area contributed by atoms with E-state index in [4.69, 9.17) is 22.3 Å². The Morgan fingerprint density at radius 1 is 0.750 bits per heavy atom. The van der Waals surface area contributed by atoms with Crippen molar-refractivity contribution in [2.45, 2.75) is 19.3 Å². The highest BCUT2D eigenvalue weighted by molar-refractivity contribution is 5.74. The van der Waals surface area contributed by atoms with Crippen LogP contribution in [-0.4, -0.2) is 38.1 Å². The molecule has 0 saturated carbocycles. The second-order valence-corrected chi connectivity index (χ2v) is 3.49. The van der Waals surface area contributed by atoms with Crippen molar-refractivity contribution in [3.63, 3.8) is 0 Å². The summed E-state index contributed by atoms with van der Waals surface area (Å²) in [5, 5.41) is 22.7. The molecular weight excluding hydrogens is 206 g/mol. The van der Waals surface area contributed by atoms with Crippen LogP contribution in [0.4, 0.5) is 0 Å². The minimum Gasteiger partial charge on any atom is -0.370 e. The molecule has 0 bridgehead atoms. The highest BCUT2D eigenvalue weighted by Gasteiger charge is 1.91. The van der Waals surface area contributed by atoms with Gasteiger partial charge in [0.1, 0.15) is 0 Å². The van der Waals surface area contributed by atoms with Crippen LogP contribution in [0.25, 0.3) is 0 Å². The van der Waals surface area contributed by atoms with Crippen LogP contribution in [0.3, 0.4) is 0 Å². The molecule has 0 fully saturated rings. The zero-order valence-corrected chi connectivity index (χ0v) is 9.60. The van der Waals surface area contributed by atoms with Crippen LogP contribution in [-0.2, 0) is 0 Å². The molecule has 0 aliphatic rings. The minimum atomic E-state index is 0.0234. The average molecular weight is 229 g/mol. The Morgan fingerprint density at radius 2 is 1.19 bits per heavy atom. The molecule has 0 aliphatic heterocycles. The third-order valence-electron chi connectivity index (χ3n) is 1.94. The van der Waals surface area contributed by atoms with E-state index in [0.717, 1.165) is 45.4 Å². The fourth-order valence-corrected chi connectivity index (χ4v) is 1.16. The van der Waals surface area contributed by atoms with Crippen molar-refractivity contribution >= 4 is 11.9 Å². The molecule has 7 heteroatoms. The molecule has 0 aromatic heterocycles. The Hall–Kier alpha value is -1.50. The molecule has 0 atom stereocenters. The largest absolute Gasteiger partial charge is 0.370 e. The predicted molar refractivity (Wildman–Crippen MR) is 66.6 cm³/mol. The van der Waals surface area contributed by atoms with Crippen molar-refractivity contribution in [3.05, 3.63) is 0 Å². The summed E-state index contributed by atoms with van der Waals surface area (Å²) in [6, 6.07) is 0. The second kappa shape index (κ2) is 10.0. The lowest BCUT2D eigenvalue weighted by molar-refractivity contribution is 0.595. The summed E-state index contributed by atoms with van der Waals surface area (Å²) in [5.41, 5.74) is 10.3. The van der Waals surface area contributed by atoms with E-state index in [1.807, 2.05) is 0 Å². The van der Waals surface area contributed by atoms with E-state index >= 15 is 0 Å². The van der Waals surface area contributed by atoms with Gasteiger partial charge in [-0.3, -0.25) is 10.8 Å². The molecule has 0 amide bonds. The van der Waals surface area contributed by atoms with Crippen LogP contribution >= 0.6 is 0 Å². The van der Waals surface area contributed by atoms with Gasteiger partial charge in [0.2, 0.25) is 0 Å². The molecule has 0 aromatic carbocycles.